The SMILES string of the molecule is Cc1nc(C(=O)N2CCOC[C@H]2C(=O)O)nn1-c1ccc(Cl)cc1. The maximum absolute atomic E-state index is 12.6. The number of carboxylic acid groups (broad SMARTS) is 1. The quantitative estimate of drug-likeness (QED) is 0.892. The van der Waals surface area contributed by atoms with Gasteiger partial charge in [0.1, 0.15) is 5.82 Å². The highest BCUT2D eigenvalue weighted by atomic mass is 35.5. The molecule has 0 aliphatic carbocycles. The van der Waals surface area contributed by atoms with Crippen molar-refractivity contribution in [2.75, 3.05) is 19.8 Å². The first-order valence-electron chi connectivity index (χ1n) is 7.28. The second-order valence-corrected chi connectivity index (χ2v) is 5.73. The molecule has 0 radical (unpaired) electrons. The van der Waals surface area contributed by atoms with E-state index in [1.54, 1.807) is 31.2 Å². The van der Waals surface area contributed by atoms with Crippen LogP contribution in [0.2, 0.25) is 5.02 Å². The molecule has 1 amide bonds. The number of nitrogens with zero attached hydrogens (tertiary/aromatic N) is 4. The van der Waals surface area contributed by atoms with Crippen LogP contribution >= 0.6 is 11.6 Å². The van der Waals surface area contributed by atoms with Gasteiger partial charge < -0.3 is 14.7 Å². The summed E-state index contributed by atoms with van der Waals surface area (Å²) in [7, 11) is 0. The number of aliphatic carboxylic acids is 1. The summed E-state index contributed by atoms with van der Waals surface area (Å²) in [5, 5.41) is 14.0. The Balaban J connectivity index is 1.89. The number of ether oxygens (including phenoxy) is 1. The molecule has 1 aromatic heterocycles. The smallest absolute Gasteiger partial charge is 0.328 e. The molecule has 1 aliphatic heterocycles. The van der Waals surface area contributed by atoms with E-state index >= 15 is 0 Å². The lowest BCUT2D eigenvalue weighted by atomic mass is 10.2. The van der Waals surface area contributed by atoms with Crippen molar-refractivity contribution in [3.8, 4) is 5.69 Å². The van der Waals surface area contributed by atoms with E-state index in [0.29, 0.717) is 16.5 Å². The largest absolute Gasteiger partial charge is 0.480 e. The number of hydrogen-bond donors (Lipinski definition) is 1. The van der Waals surface area contributed by atoms with E-state index in [2.05, 4.69) is 10.1 Å². The molecular formula is C15H15ClN4O4. The standard InChI is InChI=1S/C15H15ClN4O4/c1-9-17-13(18-20(9)11-4-2-10(16)3-5-11)14(21)19-6-7-24-8-12(19)15(22)23/h2-5,12H,6-8H2,1H3,(H,22,23)/t12-/m0/s1. The highest BCUT2D eigenvalue weighted by Gasteiger charge is 2.35. The van der Waals surface area contributed by atoms with Crippen molar-refractivity contribution < 1.29 is 19.4 Å². The molecule has 1 aromatic carbocycles. The molecule has 1 aliphatic rings. The maximum Gasteiger partial charge on any atom is 0.328 e. The molecule has 1 atom stereocenters. The molecule has 3 rings (SSSR count). The summed E-state index contributed by atoms with van der Waals surface area (Å²) < 4.78 is 6.65. The molecule has 1 N–H and O–H groups in total. The van der Waals surface area contributed by atoms with Crippen molar-refractivity contribution in [1.29, 1.82) is 0 Å². The summed E-state index contributed by atoms with van der Waals surface area (Å²) in [5.74, 6) is -1.17. The molecule has 8 nitrogen and oxygen atoms in total. The molecule has 0 spiro atoms. The normalized spacial score (nSPS) is 17.8. The van der Waals surface area contributed by atoms with Gasteiger partial charge in [0.2, 0.25) is 5.82 Å². The highest BCUT2D eigenvalue weighted by molar-refractivity contribution is 6.30. The molecule has 0 bridgehead atoms. The fourth-order valence-electron chi connectivity index (χ4n) is 2.49. The second kappa shape index (κ2) is 6.58. The lowest BCUT2D eigenvalue weighted by Gasteiger charge is -2.31. The zero-order valence-electron chi connectivity index (χ0n) is 12.8. The van der Waals surface area contributed by atoms with Crippen molar-refractivity contribution in [1.82, 2.24) is 19.7 Å². The van der Waals surface area contributed by atoms with Gasteiger partial charge in [0.05, 0.1) is 18.9 Å². The van der Waals surface area contributed by atoms with Gasteiger partial charge in [0, 0.05) is 11.6 Å². The predicted molar refractivity (Wildman–Crippen MR) is 84.4 cm³/mol. The summed E-state index contributed by atoms with van der Waals surface area (Å²) >= 11 is 5.87. The molecule has 9 heteroatoms. The van der Waals surface area contributed by atoms with E-state index in [9.17, 15) is 14.7 Å². The molecule has 0 unspecified atom stereocenters. The molecule has 2 aromatic rings. The second-order valence-electron chi connectivity index (χ2n) is 5.30. The van der Waals surface area contributed by atoms with Gasteiger partial charge in [-0.15, -0.1) is 5.10 Å². The number of carbonyl (C=O) groups excluding carboxylic acids is 1. The molecule has 0 saturated carbocycles. The third kappa shape index (κ3) is 3.10. The Morgan fingerprint density at radius 2 is 2.04 bits per heavy atom. The first kappa shape index (κ1) is 16.4. The topological polar surface area (TPSA) is 97.6 Å². The van der Waals surface area contributed by atoms with Crippen LogP contribution in [0.5, 0.6) is 0 Å². The molecule has 1 fully saturated rings. The number of morpholine rings is 1. The summed E-state index contributed by atoms with van der Waals surface area (Å²) in [4.78, 5) is 29.3. The Bertz CT molecular complexity index is 774. The van der Waals surface area contributed by atoms with Gasteiger partial charge in [-0.1, -0.05) is 11.6 Å². The van der Waals surface area contributed by atoms with E-state index in [1.165, 1.54) is 9.58 Å². The molecule has 1 saturated heterocycles. The van der Waals surface area contributed by atoms with Gasteiger partial charge in [-0.25, -0.2) is 14.5 Å². The minimum atomic E-state index is -1.11. The number of halogens is 1. The molecule has 2 heterocycles. The number of rotatable bonds is 3. The fourth-order valence-corrected chi connectivity index (χ4v) is 2.61. The first-order chi connectivity index (χ1) is 11.5. The van der Waals surface area contributed by atoms with Crippen molar-refractivity contribution in [3.63, 3.8) is 0 Å². The Morgan fingerprint density at radius 3 is 2.71 bits per heavy atom. The average Bonchev–Trinajstić information content (AvgIpc) is 2.96. The van der Waals surface area contributed by atoms with E-state index in [0.717, 1.165) is 0 Å². The minimum Gasteiger partial charge on any atom is -0.480 e. The highest BCUT2D eigenvalue weighted by Crippen LogP contribution is 2.16. The number of carboxylic acids is 1. The molecule has 24 heavy (non-hydrogen) atoms. The van der Waals surface area contributed by atoms with Crippen LogP contribution in [0.4, 0.5) is 0 Å². The van der Waals surface area contributed by atoms with Gasteiger partial charge in [-0.3, -0.25) is 4.79 Å². The van der Waals surface area contributed by atoms with Crippen LogP contribution in [0.15, 0.2) is 24.3 Å². The monoisotopic (exact) mass is 350 g/mol. The van der Waals surface area contributed by atoms with Crippen LogP contribution < -0.4 is 0 Å². The molecule has 126 valence electrons. The number of hydrogen-bond acceptors (Lipinski definition) is 5. The Hall–Kier alpha value is -2.45. The third-order valence-electron chi connectivity index (χ3n) is 3.71. The van der Waals surface area contributed by atoms with Crippen LogP contribution in [0.25, 0.3) is 5.69 Å². The lowest BCUT2D eigenvalue weighted by Crippen LogP contribution is -2.52. The Morgan fingerprint density at radius 1 is 1.33 bits per heavy atom. The van der Waals surface area contributed by atoms with E-state index < -0.39 is 17.9 Å². The number of carbonyl (C=O) groups is 2. The van der Waals surface area contributed by atoms with Crippen LogP contribution in [0, 0.1) is 6.92 Å². The summed E-state index contributed by atoms with van der Waals surface area (Å²) in [5.41, 5.74) is 0.709. The van der Waals surface area contributed by atoms with Crippen molar-refractivity contribution in [2.45, 2.75) is 13.0 Å². The van der Waals surface area contributed by atoms with Gasteiger partial charge in [0.25, 0.3) is 5.91 Å². The number of aryl methyl sites for hydroxylation is 1. The van der Waals surface area contributed by atoms with E-state index in [-0.39, 0.29) is 25.6 Å². The number of amides is 1. The fraction of sp³-hybridized carbons (Fsp3) is 0.333. The van der Waals surface area contributed by atoms with Crippen LogP contribution in [-0.2, 0) is 9.53 Å². The summed E-state index contributed by atoms with van der Waals surface area (Å²) in [6.07, 6.45) is 0. The Labute approximate surface area is 142 Å². The maximum atomic E-state index is 12.6. The van der Waals surface area contributed by atoms with Gasteiger partial charge >= 0.3 is 5.97 Å². The summed E-state index contributed by atoms with van der Waals surface area (Å²) in [6.45, 7) is 2.14. The third-order valence-corrected chi connectivity index (χ3v) is 3.96. The zero-order chi connectivity index (χ0) is 17.3. The average molecular weight is 351 g/mol. The Kier molecular flexibility index (Phi) is 4.50. The predicted octanol–water partition coefficient (Wildman–Crippen LogP) is 1.15. The van der Waals surface area contributed by atoms with Gasteiger partial charge in [0.15, 0.2) is 6.04 Å². The number of benzene rings is 1. The van der Waals surface area contributed by atoms with E-state index in [4.69, 9.17) is 16.3 Å². The first-order valence-corrected chi connectivity index (χ1v) is 7.66. The van der Waals surface area contributed by atoms with Gasteiger partial charge in [-0.05, 0) is 31.2 Å². The van der Waals surface area contributed by atoms with Crippen molar-refractivity contribution in [3.05, 3.63) is 40.9 Å². The minimum absolute atomic E-state index is 0.0437. The molecular weight excluding hydrogens is 336 g/mol. The van der Waals surface area contributed by atoms with Gasteiger partial charge in [-0.2, -0.15) is 0 Å². The van der Waals surface area contributed by atoms with Crippen LogP contribution in [0.1, 0.15) is 16.4 Å². The van der Waals surface area contributed by atoms with Crippen molar-refractivity contribution >= 4 is 23.5 Å². The number of aromatic nitrogens is 3. The van der Waals surface area contributed by atoms with Crippen molar-refractivity contribution in [2.24, 2.45) is 0 Å². The van der Waals surface area contributed by atoms with E-state index in [1.807, 2.05) is 0 Å². The van der Waals surface area contributed by atoms with Crippen LogP contribution in [-0.4, -0.2) is 62.4 Å². The summed E-state index contributed by atoms with van der Waals surface area (Å²) in [6, 6.07) is 5.90. The zero-order valence-corrected chi connectivity index (χ0v) is 13.6. The van der Waals surface area contributed by atoms with Crippen LogP contribution in [0.3, 0.4) is 0 Å². The lowest BCUT2D eigenvalue weighted by molar-refractivity contribution is -0.147.